The van der Waals surface area contributed by atoms with E-state index in [0.29, 0.717) is 12.3 Å². The maximum Gasteiger partial charge on any atom is 0.759 e. The minimum Gasteiger partial charge on any atom is -0.329 e. The Balaban J connectivity index is 4.37. The summed E-state index contributed by atoms with van der Waals surface area (Å²) >= 11 is 3.96. The lowest BCUT2D eigenvalue weighted by atomic mass is 9.92. The molecule has 0 aliphatic heterocycles. The van der Waals surface area contributed by atoms with E-state index < -0.39 is 0 Å². The molecule has 0 aromatic carbocycles. The maximum atomic E-state index is 10.0. The first-order valence-electron chi connectivity index (χ1n) is 3.10. The van der Waals surface area contributed by atoms with Crippen molar-refractivity contribution >= 4 is 24.6 Å². The van der Waals surface area contributed by atoms with E-state index >= 15 is 0 Å². The molecule has 0 rings (SSSR count). The van der Waals surface area contributed by atoms with Gasteiger partial charge in [-0.2, -0.15) is 4.18 Å². The molecule has 2 N–H and O–H groups in total. The molecule has 0 aromatic rings. The third kappa shape index (κ3) is 3.18. The van der Waals surface area contributed by atoms with Gasteiger partial charge in [0.05, 0.1) is 4.21 Å². The maximum absolute atomic E-state index is 10.0. The Morgan fingerprint density at radius 2 is 2.36 bits per heavy atom. The van der Waals surface area contributed by atoms with Crippen LogP contribution in [0.2, 0.25) is 0 Å². The smallest absolute Gasteiger partial charge is 0.329 e. The predicted molar refractivity (Wildman–Crippen MR) is 49.0 cm³/mol. The molecule has 0 atom stereocenters. The number of thiol groups is 1. The minimum atomic E-state index is -0.320. The third-order valence-electron chi connectivity index (χ3n) is 1.42. The van der Waals surface area contributed by atoms with Gasteiger partial charge >= 0.3 is 11.9 Å². The van der Waals surface area contributed by atoms with Crippen LogP contribution < -0.4 is 5.73 Å². The van der Waals surface area contributed by atoms with E-state index in [-0.39, 0.29) is 17.4 Å². The van der Waals surface area contributed by atoms with Crippen molar-refractivity contribution in [3.8, 4) is 0 Å². The van der Waals surface area contributed by atoms with Crippen molar-refractivity contribution in [3.63, 3.8) is 0 Å². The average Bonchev–Trinajstić information content (AvgIpc) is 2.00. The summed E-state index contributed by atoms with van der Waals surface area (Å²) in [6, 6.07) is 0. The van der Waals surface area contributed by atoms with Crippen LogP contribution in [0.25, 0.3) is 0 Å². The molecule has 11 heavy (non-hydrogen) atoms. The lowest BCUT2D eigenvalue weighted by Gasteiger charge is -2.18. The summed E-state index contributed by atoms with van der Waals surface area (Å²) in [7, 11) is 0. The van der Waals surface area contributed by atoms with Gasteiger partial charge in [-0.05, 0) is 0 Å². The Morgan fingerprint density at radius 3 is 2.64 bits per heavy atom. The quantitative estimate of drug-likeness (QED) is 0.305. The summed E-state index contributed by atoms with van der Waals surface area (Å²) in [5, 5.41) is 1.46. The van der Waals surface area contributed by atoms with Gasteiger partial charge in [-0.3, -0.25) is 0 Å². The van der Waals surface area contributed by atoms with Crippen molar-refractivity contribution in [1.29, 1.82) is 0 Å². The van der Waals surface area contributed by atoms with Crippen molar-refractivity contribution in [3.05, 3.63) is 11.2 Å². The van der Waals surface area contributed by atoms with Crippen molar-refractivity contribution in [2.45, 2.75) is 13.8 Å². The van der Waals surface area contributed by atoms with Gasteiger partial charge in [0.15, 0.2) is 5.76 Å². The van der Waals surface area contributed by atoms with Crippen molar-refractivity contribution in [1.82, 2.24) is 0 Å². The molecule has 0 spiro atoms. The van der Waals surface area contributed by atoms with Crippen LogP contribution in [0.3, 0.4) is 0 Å². The lowest BCUT2D eigenvalue weighted by molar-refractivity contribution is 0.302. The second-order valence-corrected chi connectivity index (χ2v) is 3.29. The largest absolute Gasteiger partial charge is 0.759 e. The number of hydrogen-bond acceptors (Lipinski definition) is 4. The fraction of sp³-hybridized carbons (Fsp3) is 0.667. The van der Waals surface area contributed by atoms with E-state index in [1.807, 2.05) is 13.8 Å². The Kier molecular flexibility index (Phi) is 4.63. The fourth-order valence-electron chi connectivity index (χ4n) is 0.446. The van der Waals surface area contributed by atoms with Gasteiger partial charge in [-0.1, -0.05) is 13.8 Å². The summed E-state index contributed by atoms with van der Waals surface area (Å²) < 4.78 is 14.8. The molecule has 0 aromatic heterocycles. The standard InChI is InChI=1S/C6H11NO2S2/c1-6(2,4-7)5(3-10)9-11-8/h3H,4,7H2,1-2H3/p+1/b5-3+. The van der Waals surface area contributed by atoms with Crippen LogP contribution in [0, 0.1) is 5.41 Å². The van der Waals surface area contributed by atoms with Gasteiger partial charge in [0.2, 0.25) is 0 Å². The predicted octanol–water partition coefficient (Wildman–Crippen LogP) is 1.10. The van der Waals surface area contributed by atoms with E-state index in [0.717, 1.165) is 0 Å². The molecule has 0 unspecified atom stereocenters. The Hall–Kier alpha value is -0.130. The Morgan fingerprint density at radius 1 is 1.82 bits per heavy atom. The average molecular weight is 194 g/mol. The van der Waals surface area contributed by atoms with Crippen LogP contribution in [-0.4, -0.2) is 6.54 Å². The van der Waals surface area contributed by atoms with Gasteiger partial charge < -0.3 is 5.73 Å². The first-order valence-corrected chi connectivity index (χ1v) is 4.28. The zero-order valence-electron chi connectivity index (χ0n) is 6.53. The highest BCUT2D eigenvalue weighted by Gasteiger charge is 2.27. The van der Waals surface area contributed by atoms with E-state index in [1.54, 1.807) is 0 Å². The van der Waals surface area contributed by atoms with Crippen LogP contribution in [0.5, 0.6) is 0 Å². The van der Waals surface area contributed by atoms with Crippen molar-refractivity contribution in [2.24, 2.45) is 11.1 Å². The monoisotopic (exact) mass is 194 g/mol. The molecule has 0 heterocycles. The van der Waals surface area contributed by atoms with Crippen LogP contribution in [0.15, 0.2) is 11.2 Å². The highest BCUT2D eigenvalue weighted by molar-refractivity contribution is 7.83. The highest BCUT2D eigenvalue weighted by atomic mass is 32.2. The Bertz CT molecular complexity index is 168. The van der Waals surface area contributed by atoms with Gasteiger partial charge in [-0.15, -0.1) is 12.6 Å². The van der Waals surface area contributed by atoms with E-state index in [4.69, 9.17) is 9.92 Å². The molecule has 0 bridgehead atoms. The molecule has 5 heteroatoms. The van der Waals surface area contributed by atoms with E-state index in [1.165, 1.54) is 5.41 Å². The second kappa shape index (κ2) is 4.69. The molecule has 0 aliphatic rings. The summed E-state index contributed by atoms with van der Waals surface area (Å²) in [4.78, 5) is 0. The Labute approximate surface area is 76.1 Å². The van der Waals surface area contributed by atoms with Crippen molar-refractivity contribution < 1.29 is 8.39 Å². The van der Waals surface area contributed by atoms with Gasteiger partial charge in [0.1, 0.15) is 0 Å². The molecular weight excluding hydrogens is 182 g/mol. The summed E-state index contributed by atoms with van der Waals surface area (Å²) in [5.74, 6) is 0.503. The number of hydrogen-bond donors (Lipinski definition) is 2. The molecule has 0 saturated heterocycles. The van der Waals surface area contributed by atoms with Gasteiger partial charge in [0, 0.05) is 17.4 Å². The lowest BCUT2D eigenvalue weighted by Crippen LogP contribution is -2.26. The van der Waals surface area contributed by atoms with Gasteiger partial charge in [0.25, 0.3) is 0 Å². The normalized spacial score (nSPS) is 12.9. The first-order chi connectivity index (χ1) is 5.08. The van der Waals surface area contributed by atoms with E-state index in [2.05, 4.69) is 12.6 Å². The molecule has 0 aliphatic carbocycles. The zero-order chi connectivity index (χ0) is 8.91. The van der Waals surface area contributed by atoms with Crippen LogP contribution in [0.4, 0.5) is 0 Å². The molecule has 64 valence electrons. The summed E-state index contributed by atoms with van der Waals surface area (Å²) in [6.45, 7) is 4.18. The molecule has 0 amide bonds. The zero-order valence-corrected chi connectivity index (χ0v) is 8.24. The highest BCUT2D eigenvalue weighted by Crippen LogP contribution is 2.25. The van der Waals surface area contributed by atoms with Crippen LogP contribution >= 0.6 is 12.6 Å². The number of rotatable bonds is 4. The SMILES string of the molecule is CC(C)(CN)/C(=C\S)O[S+]=O. The topological polar surface area (TPSA) is 52.3 Å². The molecule has 3 nitrogen and oxygen atoms in total. The molecular formula is C6H12NO2S2+. The fourth-order valence-corrected chi connectivity index (χ4v) is 1.27. The van der Waals surface area contributed by atoms with Crippen LogP contribution in [-0.2, 0) is 20.3 Å². The van der Waals surface area contributed by atoms with E-state index in [9.17, 15) is 4.21 Å². The van der Waals surface area contributed by atoms with Crippen molar-refractivity contribution in [2.75, 3.05) is 6.54 Å². The molecule has 0 saturated carbocycles. The third-order valence-corrected chi connectivity index (χ3v) is 1.90. The summed E-state index contributed by atoms with van der Waals surface area (Å²) in [5.41, 5.74) is 5.13. The molecule has 0 radical (unpaired) electrons. The minimum absolute atomic E-state index is 0.0538. The van der Waals surface area contributed by atoms with Crippen LogP contribution in [0.1, 0.15) is 13.8 Å². The van der Waals surface area contributed by atoms with Gasteiger partial charge in [-0.25, -0.2) is 0 Å². The number of nitrogens with two attached hydrogens (primary N) is 1. The first kappa shape index (κ1) is 10.9. The second-order valence-electron chi connectivity index (χ2n) is 2.73. The molecule has 0 fully saturated rings. The summed E-state index contributed by atoms with van der Waals surface area (Å²) in [6.07, 6.45) is 0.